The quantitative estimate of drug-likeness (QED) is 0.471. The van der Waals surface area contributed by atoms with Crippen molar-refractivity contribution in [2.24, 2.45) is 15.1 Å². The molecule has 0 aromatic carbocycles. The van der Waals surface area contributed by atoms with Crippen molar-refractivity contribution in [2.75, 3.05) is 6.61 Å². The summed E-state index contributed by atoms with van der Waals surface area (Å²) in [5.41, 5.74) is 0. The van der Waals surface area contributed by atoms with Gasteiger partial charge < -0.3 is 4.84 Å². The van der Waals surface area contributed by atoms with E-state index in [0.29, 0.717) is 5.84 Å². The lowest BCUT2D eigenvalue weighted by Gasteiger charge is -2.09. The predicted octanol–water partition coefficient (Wildman–Crippen LogP) is 0.278. The molecule has 6 nitrogen and oxygen atoms in total. The smallest absolute Gasteiger partial charge is 0.202 e. The van der Waals surface area contributed by atoms with Gasteiger partial charge in [-0.25, -0.2) is 4.99 Å². The predicted molar refractivity (Wildman–Crippen MR) is 50.0 cm³/mol. The molecule has 1 aliphatic rings. The number of oxime groups is 1. The van der Waals surface area contributed by atoms with Crippen LogP contribution in [-0.4, -0.2) is 30.9 Å². The number of rotatable bonds is 3. The zero-order chi connectivity index (χ0) is 10.2. The Kier molecular flexibility index (Phi) is 3.84. The number of amidine groups is 1. The molecule has 0 aliphatic carbocycles. The molecule has 1 heterocycles. The number of nitrogens with zero attached hydrogens (tertiary/aromatic N) is 5. The third kappa shape index (κ3) is 2.68. The summed E-state index contributed by atoms with van der Waals surface area (Å²) < 4.78 is 0. The fourth-order valence-corrected chi connectivity index (χ4v) is 0.847. The van der Waals surface area contributed by atoms with Crippen LogP contribution in [0.25, 0.3) is 0 Å². The Hall–Kier alpha value is -2.21. The zero-order valence-corrected chi connectivity index (χ0v) is 7.29. The maximum absolute atomic E-state index is 8.48. The normalized spacial score (nSPS) is 21.6. The Balaban J connectivity index is 2.62. The molecule has 70 valence electrons. The molecular formula is C8H7N5O. The van der Waals surface area contributed by atoms with Crippen LogP contribution >= 0.6 is 0 Å². The van der Waals surface area contributed by atoms with Crippen LogP contribution in [0.1, 0.15) is 6.42 Å². The van der Waals surface area contributed by atoms with Crippen molar-refractivity contribution in [3.63, 3.8) is 0 Å². The standard InChI is InChI=1S/C8H7N5O/c9-2-1-7-8(12-5-4-11-7)13-14-6-3-10/h4-5,7H,1,6H2. The first-order valence-electron chi connectivity index (χ1n) is 3.88. The van der Waals surface area contributed by atoms with Gasteiger partial charge in [0.1, 0.15) is 12.1 Å². The largest absolute Gasteiger partial charge is 0.379 e. The van der Waals surface area contributed by atoms with E-state index in [4.69, 9.17) is 10.5 Å². The van der Waals surface area contributed by atoms with Crippen molar-refractivity contribution >= 4 is 18.3 Å². The lowest BCUT2D eigenvalue weighted by molar-refractivity contribution is 0.177. The van der Waals surface area contributed by atoms with Crippen molar-refractivity contribution in [2.45, 2.75) is 12.5 Å². The minimum atomic E-state index is -0.385. The van der Waals surface area contributed by atoms with E-state index in [1.807, 2.05) is 6.07 Å². The van der Waals surface area contributed by atoms with Crippen LogP contribution < -0.4 is 0 Å². The Morgan fingerprint density at radius 2 is 2.29 bits per heavy atom. The molecule has 0 bridgehead atoms. The van der Waals surface area contributed by atoms with Gasteiger partial charge in [-0.1, -0.05) is 5.16 Å². The molecule has 1 aliphatic heterocycles. The third-order valence-corrected chi connectivity index (χ3v) is 1.41. The molecule has 0 saturated carbocycles. The van der Waals surface area contributed by atoms with Crippen LogP contribution in [0.2, 0.25) is 0 Å². The topological polar surface area (TPSA) is 93.9 Å². The molecule has 0 aromatic rings. The molecule has 0 spiro atoms. The van der Waals surface area contributed by atoms with Crippen LogP contribution in [0.15, 0.2) is 15.1 Å². The van der Waals surface area contributed by atoms with Crippen LogP contribution in [0.5, 0.6) is 0 Å². The van der Waals surface area contributed by atoms with Gasteiger partial charge in [0.25, 0.3) is 0 Å². The molecule has 0 amide bonds. The van der Waals surface area contributed by atoms with Crippen molar-refractivity contribution in [1.82, 2.24) is 0 Å². The highest BCUT2D eigenvalue weighted by Crippen LogP contribution is 2.04. The third-order valence-electron chi connectivity index (χ3n) is 1.41. The Morgan fingerprint density at radius 1 is 1.43 bits per heavy atom. The van der Waals surface area contributed by atoms with Gasteiger partial charge in [0.05, 0.1) is 12.5 Å². The van der Waals surface area contributed by atoms with E-state index in [9.17, 15) is 0 Å². The average molecular weight is 189 g/mol. The van der Waals surface area contributed by atoms with Gasteiger partial charge in [0.15, 0.2) is 5.84 Å². The molecule has 14 heavy (non-hydrogen) atoms. The molecule has 0 radical (unpaired) electrons. The van der Waals surface area contributed by atoms with Crippen molar-refractivity contribution < 1.29 is 4.84 Å². The molecule has 1 rings (SSSR count). The van der Waals surface area contributed by atoms with Crippen LogP contribution in [0.3, 0.4) is 0 Å². The minimum absolute atomic E-state index is 0.137. The van der Waals surface area contributed by atoms with Gasteiger partial charge in [-0.15, -0.1) is 0 Å². The second-order valence-electron chi connectivity index (χ2n) is 2.34. The summed E-state index contributed by atoms with van der Waals surface area (Å²) in [6.07, 6.45) is 3.16. The van der Waals surface area contributed by atoms with E-state index in [0.717, 1.165) is 0 Å². The first-order valence-corrected chi connectivity index (χ1v) is 3.88. The van der Waals surface area contributed by atoms with E-state index in [2.05, 4.69) is 20.0 Å². The Labute approximate surface area is 80.8 Å². The van der Waals surface area contributed by atoms with Crippen LogP contribution in [-0.2, 0) is 4.84 Å². The summed E-state index contributed by atoms with van der Waals surface area (Å²) in [6.45, 7) is -0.137. The number of hydrogen-bond donors (Lipinski definition) is 0. The second kappa shape index (κ2) is 5.44. The molecule has 0 fully saturated rings. The molecule has 1 atom stereocenters. The first kappa shape index (κ1) is 9.87. The van der Waals surface area contributed by atoms with E-state index < -0.39 is 0 Å². The Morgan fingerprint density at radius 3 is 3.00 bits per heavy atom. The molecule has 0 N–H and O–H groups in total. The highest BCUT2D eigenvalue weighted by molar-refractivity contribution is 6.22. The highest BCUT2D eigenvalue weighted by Gasteiger charge is 2.15. The molecular weight excluding hydrogens is 182 g/mol. The summed E-state index contributed by atoms with van der Waals surface area (Å²) >= 11 is 0. The second-order valence-corrected chi connectivity index (χ2v) is 2.34. The van der Waals surface area contributed by atoms with Crippen LogP contribution in [0.4, 0.5) is 0 Å². The summed E-state index contributed by atoms with van der Waals surface area (Å²) in [5.74, 6) is 0.323. The number of aliphatic imine (C=N–C) groups is 2. The first-order chi connectivity index (χ1) is 6.88. The number of nitriles is 2. The maximum atomic E-state index is 8.48. The van der Waals surface area contributed by atoms with E-state index >= 15 is 0 Å². The number of hydrogen-bond acceptors (Lipinski definition) is 5. The highest BCUT2D eigenvalue weighted by atomic mass is 16.6. The molecule has 0 aromatic heterocycles. The van der Waals surface area contributed by atoms with Gasteiger partial charge in [0, 0.05) is 12.4 Å². The van der Waals surface area contributed by atoms with E-state index in [1.165, 1.54) is 12.4 Å². The summed E-state index contributed by atoms with van der Waals surface area (Å²) in [6, 6.07) is 3.35. The van der Waals surface area contributed by atoms with E-state index in [-0.39, 0.29) is 19.1 Å². The maximum Gasteiger partial charge on any atom is 0.202 e. The summed E-state index contributed by atoms with van der Waals surface area (Å²) in [7, 11) is 0. The van der Waals surface area contributed by atoms with Gasteiger partial charge in [0.2, 0.25) is 6.61 Å². The fourth-order valence-electron chi connectivity index (χ4n) is 0.847. The van der Waals surface area contributed by atoms with Gasteiger partial charge in [-0.3, -0.25) is 4.99 Å². The molecule has 1 unspecified atom stereocenters. The van der Waals surface area contributed by atoms with Crippen molar-refractivity contribution in [3.8, 4) is 12.1 Å². The van der Waals surface area contributed by atoms with Gasteiger partial charge in [-0.05, 0) is 0 Å². The summed E-state index contributed by atoms with van der Waals surface area (Å²) in [4.78, 5) is 12.5. The van der Waals surface area contributed by atoms with Gasteiger partial charge in [-0.2, -0.15) is 10.5 Å². The molecule has 6 heteroatoms. The van der Waals surface area contributed by atoms with E-state index in [1.54, 1.807) is 6.07 Å². The Bertz CT molecular complexity index is 357. The molecule has 0 saturated heterocycles. The fraction of sp³-hybridized carbons (Fsp3) is 0.375. The van der Waals surface area contributed by atoms with Crippen molar-refractivity contribution in [1.29, 1.82) is 10.5 Å². The summed E-state index contributed by atoms with van der Waals surface area (Å²) in [5, 5.41) is 20.3. The lowest BCUT2D eigenvalue weighted by Crippen LogP contribution is -2.20. The van der Waals surface area contributed by atoms with Crippen LogP contribution in [0, 0.1) is 22.7 Å². The zero-order valence-electron chi connectivity index (χ0n) is 7.29. The van der Waals surface area contributed by atoms with Crippen molar-refractivity contribution in [3.05, 3.63) is 0 Å². The van der Waals surface area contributed by atoms with Gasteiger partial charge >= 0.3 is 0 Å². The minimum Gasteiger partial charge on any atom is -0.379 e. The monoisotopic (exact) mass is 189 g/mol. The lowest BCUT2D eigenvalue weighted by atomic mass is 10.2. The SMILES string of the molecule is N#CCON=C1N=CC=NC1CC#N. The average Bonchev–Trinajstić information content (AvgIpc) is 2.21.